The number of nitrogens with zero attached hydrogens (tertiary/aromatic N) is 1. The number of aliphatic carboxylic acids is 1. The molecule has 3 rings (SSSR count). The van der Waals surface area contributed by atoms with Gasteiger partial charge in [-0.3, -0.25) is 4.79 Å². The van der Waals surface area contributed by atoms with E-state index in [1.54, 1.807) is 0 Å². The first-order chi connectivity index (χ1) is 13.1. The quantitative estimate of drug-likeness (QED) is 0.808. The number of piperidine rings is 1. The molecule has 1 atom stereocenters. The normalized spacial score (nSPS) is 18.4. The predicted molar refractivity (Wildman–Crippen MR) is 101 cm³/mol. The SMILES string of the molecule is O=C(O)[C@@H]1CCCN(CC/C=C(\c2ccccc2)c2c(F)cccc2F)C1. The summed E-state index contributed by atoms with van der Waals surface area (Å²) in [5, 5.41) is 9.21. The standard InChI is InChI=1S/C22H23F2NO2/c23-19-11-4-12-20(24)21(19)18(16-7-2-1-3-8-16)10-6-14-25-13-5-9-17(15-25)22(26)27/h1-4,7-8,10-12,17H,5-6,9,13-15H2,(H,26,27)/b18-10+/t17-/m1/s1. The summed E-state index contributed by atoms with van der Waals surface area (Å²) >= 11 is 0. The van der Waals surface area contributed by atoms with Gasteiger partial charge in [-0.1, -0.05) is 42.5 Å². The summed E-state index contributed by atoms with van der Waals surface area (Å²) in [6, 6.07) is 13.1. The van der Waals surface area contributed by atoms with E-state index in [4.69, 9.17) is 0 Å². The fraction of sp³-hybridized carbons (Fsp3) is 0.318. The Kier molecular flexibility index (Phi) is 6.35. The van der Waals surface area contributed by atoms with Crippen LogP contribution in [-0.4, -0.2) is 35.6 Å². The van der Waals surface area contributed by atoms with Gasteiger partial charge in [0, 0.05) is 13.1 Å². The van der Waals surface area contributed by atoms with Gasteiger partial charge in [-0.2, -0.15) is 0 Å². The fourth-order valence-electron chi connectivity index (χ4n) is 3.59. The lowest BCUT2D eigenvalue weighted by atomic mass is 9.95. The van der Waals surface area contributed by atoms with Crippen molar-refractivity contribution in [2.24, 2.45) is 5.92 Å². The maximum atomic E-state index is 14.4. The van der Waals surface area contributed by atoms with E-state index in [1.165, 1.54) is 18.2 Å². The van der Waals surface area contributed by atoms with Crippen LogP contribution >= 0.6 is 0 Å². The molecule has 0 amide bonds. The second-order valence-corrected chi connectivity index (χ2v) is 6.85. The number of hydrogen-bond acceptors (Lipinski definition) is 2. The zero-order valence-corrected chi connectivity index (χ0v) is 15.1. The fourth-order valence-corrected chi connectivity index (χ4v) is 3.59. The maximum absolute atomic E-state index is 14.4. The highest BCUT2D eigenvalue weighted by atomic mass is 19.1. The second kappa shape index (κ2) is 8.91. The highest BCUT2D eigenvalue weighted by molar-refractivity contribution is 5.80. The Morgan fingerprint density at radius 3 is 2.48 bits per heavy atom. The minimum absolute atomic E-state index is 0.0224. The van der Waals surface area contributed by atoms with Crippen LogP contribution in [-0.2, 0) is 4.79 Å². The van der Waals surface area contributed by atoms with Crippen LogP contribution in [0.15, 0.2) is 54.6 Å². The van der Waals surface area contributed by atoms with Crippen LogP contribution in [0.1, 0.15) is 30.4 Å². The molecule has 1 saturated heterocycles. The average Bonchev–Trinajstić information content (AvgIpc) is 2.67. The van der Waals surface area contributed by atoms with Gasteiger partial charge in [0.1, 0.15) is 11.6 Å². The van der Waals surface area contributed by atoms with Crippen molar-refractivity contribution in [1.29, 1.82) is 0 Å². The lowest BCUT2D eigenvalue weighted by Gasteiger charge is -2.30. The van der Waals surface area contributed by atoms with Crippen molar-refractivity contribution in [3.05, 3.63) is 77.4 Å². The summed E-state index contributed by atoms with van der Waals surface area (Å²) < 4.78 is 28.7. The molecular weight excluding hydrogens is 348 g/mol. The molecule has 2 aromatic rings. The van der Waals surface area contributed by atoms with E-state index in [9.17, 15) is 18.7 Å². The Hall–Kier alpha value is -2.53. The Labute approximate surface area is 157 Å². The molecule has 0 radical (unpaired) electrons. The minimum Gasteiger partial charge on any atom is -0.481 e. The van der Waals surface area contributed by atoms with Gasteiger partial charge in [0.15, 0.2) is 0 Å². The molecule has 0 spiro atoms. The van der Waals surface area contributed by atoms with Gasteiger partial charge in [0.05, 0.1) is 11.5 Å². The van der Waals surface area contributed by atoms with E-state index in [0.717, 1.165) is 18.5 Å². The molecule has 0 bridgehead atoms. The molecule has 1 aliphatic heterocycles. The summed E-state index contributed by atoms with van der Waals surface area (Å²) in [5.74, 6) is -2.27. The van der Waals surface area contributed by atoms with Gasteiger partial charge in [0.2, 0.25) is 0 Å². The van der Waals surface area contributed by atoms with Crippen molar-refractivity contribution >= 4 is 11.5 Å². The van der Waals surface area contributed by atoms with Crippen LogP contribution in [0.3, 0.4) is 0 Å². The molecule has 5 heteroatoms. The number of halogens is 2. The summed E-state index contributed by atoms with van der Waals surface area (Å²) in [4.78, 5) is 13.3. The third-order valence-corrected chi connectivity index (χ3v) is 4.97. The lowest BCUT2D eigenvalue weighted by Crippen LogP contribution is -2.39. The van der Waals surface area contributed by atoms with Crippen LogP contribution in [0.2, 0.25) is 0 Å². The predicted octanol–water partition coefficient (Wildman–Crippen LogP) is 4.58. The molecule has 3 nitrogen and oxygen atoms in total. The lowest BCUT2D eigenvalue weighted by molar-refractivity contribution is -0.143. The first-order valence-corrected chi connectivity index (χ1v) is 9.21. The first-order valence-electron chi connectivity index (χ1n) is 9.21. The second-order valence-electron chi connectivity index (χ2n) is 6.85. The zero-order valence-electron chi connectivity index (χ0n) is 15.1. The smallest absolute Gasteiger partial charge is 0.307 e. The number of likely N-dealkylation sites (tertiary alicyclic amines) is 1. The number of benzene rings is 2. The minimum atomic E-state index is -0.756. The molecule has 1 heterocycles. The third-order valence-electron chi connectivity index (χ3n) is 4.97. The van der Waals surface area contributed by atoms with Crippen LogP contribution in [0, 0.1) is 17.6 Å². The summed E-state index contributed by atoms with van der Waals surface area (Å²) in [5.41, 5.74) is 1.26. The zero-order chi connectivity index (χ0) is 19.2. The number of rotatable bonds is 6. The van der Waals surface area contributed by atoms with Gasteiger partial charge in [-0.05, 0) is 49.1 Å². The molecule has 0 aromatic heterocycles. The monoisotopic (exact) mass is 371 g/mol. The number of hydrogen-bond donors (Lipinski definition) is 1. The summed E-state index contributed by atoms with van der Waals surface area (Å²) in [7, 11) is 0. The maximum Gasteiger partial charge on any atom is 0.307 e. The van der Waals surface area contributed by atoms with E-state index >= 15 is 0 Å². The van der Waals surface area contributed by atoms with Gasteiger partial charge >= 0.3 is 5.97 Å². The highest BCUT2D eigenvalue weighted by Gasteiger charge is 2.24. The van der Waals surface area contributed by atoms with Crippen molar-refractivity contribution in [2.45, 2.75) is 19.3 Å². The molecule has 142 valence electrons. The van der Waals surface area contributed by atoms with Crippen molar-refractivity contribution in [1.82, 2.24) is 4.90 Å². The van der Waals surface area contributed by atoms with Crippen molar-refractivity contribution in [3.63, 3.8) is 0 Å². The van der Waals surface area contributed by atoms with E-state index in [0.29, 0.717) is 31.5 Å². The number of carbonyl (C=O) groups is 1. The molecule has 1 N–H and O–H groups in total. The van der Waals surface area contributed by atoms with Crippen LogP contribution < -0.4 is 0 Å². The van der Waals surface area contributed by atoms with Crippen molar-refractivity contribution in [3.8, 4) is 0 Å². The van der Waals surface area contributed by atoms with Crippen LogP contribution in [0.5, 0.6) is 0 Å². The number of carboxylic acid groups (broad SMARTS) is 1. The van der Waals surface area contributed by atoms with E-state index < -0.39 is 17.6 Å². The van der Waals surface area contributed by atoms with Gasteiger partial charge in [-0.15, -0.1) is 0 Å². The molecule has 2 aromatic carbocycles. The van der Waals surface area contributed by atoms with Crippen molar-refractivity contribution < 1.29 is 18.7 Å². The van der Waals surface area contributed by atoms with Gasteiger partial charge in [-0.25, -0.2) is 8.78 Å². The number of carboxylic acids is 1. The van der Waals surface area contributed by atoms with E-state index in [2.05, 4.69) is 4.90 Å². The Morgan fingerprint density at radius 1 is 1.11 bits per heavy atom. The highest BCUT2D eigenvalue weighted by Crippen LogP contribution is 2.28. The van der Waals surface area contributed by atoms with Crippen LogP contribution in [0.4, 0.5) is 8.78 Å². The van der Waals surface area contributed by atoms with E-state index in [1.807, 2.05) is 36.4 Å². The van der Waals surface area contributed by atoms with Crippen LogP contribution in [0.25, 0.3) is 5.57 Å². The first kappa shape index (κ1) is 19.2. The molecule has 0 saturated carbocycles. The molecule has 0 aliphatic carbocycles. The molecule has 0 unspecified atom stereocenters. The van der Waals surface area contributed by atoms with E-state index in [-0.39, 0.29) is 11.5 Å². The average molecular weight is 371 g/mol. The Balaban J connectivity index is 1.81. The molecular formula is C22H23F2NO2. The Morgan fingerprint density at radius 2 is 1.81 bits per heavy atom. The molecule has 1 aliphatic rings. The van der Waals surface area contributed by atoms with Crippen molar-refractivity contribution in [2.75, 3.05) is 19.6 Å². The van der Waals surface area contributed by atoms with Gasteiger partial charge < -0.3 is 10.0 Å². The molecule has 27 heavy (non-hydrogen) atoms. The topological polar surface area (TPSA) is 40.5 Å². The summed E-state index contributed by atoms with van der Waals surface area (Å²) in [6.07, 6.45) is 4.00. The third kappa shape index (κ3) is 4.80. The van der Waals surface area contributed by atoms with Gasteiger partial charge in [0.25, 0.3) is 0 Å². The molecule has 1 fully saturated rings. The largest absolute Gasteiger partial charge is 0.481 e. The summed E-state index contributed by atoms with van der Waals surface area (Å²) in [6.45, 7) is 2.04. The Bertz CT molecular complexity index is 800.